The molecule has 2 aliphatic heterocycles. The Morgan fingerprint density at radius 2 is 1.79 bits per heavy atom. The fourth-order valence-electron chi connectivity index (χ4n) is 4.18. The molecule has 2 fully saturated rings. The monoisotopic (exact) mass is 394 g/mol. The summed E-state index contributed by atoms with van der Waals surface area (Å²) in [5.41, 5.74) is 3.40. The fraction of sp³-hybridized carbons (Fsp3) is 0.500. The summed E-state index contributed by atoms with van der Waals surface area (Å²) < 4.78 is 0. The first-order chi connectivity index (χ1) is 14.1. The van der Waals surface area contributed by atoms with Crippen molar-refractivity contribution in [3.63, 3.8) is 0 Å². The van der Waals surface area contributed by atoms with Crippen LogP contribution in [0.15, 0.2) is 36.7 Å². The van der Waals surface area contributed by atoms with Crippen molar-refractivity contribution in [1.29, 1.82) is 0 Å². The third-order valence-corrected chi connectivity index (χ3v) is 6.13. The van der Waals surface area contributed by atoms with Crippen LogP contribution in [0.1, 0.15) is 17.7 Å². The zero-order valence-corrected chi connectivity index (χ0v) is 17.3. The molecule has 1 atom stereocenters. The lowest BCUT2D eigenvalue weighted by Gasteiger charge is -2.36. The maximum absolute atomic E-state index is 12.6. The van der Waals surface area contributed by atoms with Gasteiger partial charge in [0.25, 0.3) is 0 Å². The van der Waals surface area contributed by atoms with Gasteiger partial charge in [-0.3, -0.25) is 0 Å². The fourth-order valence-corrected chi connectivity index (χ4v) is 4.18. The first kappa shape index (κ1) is 19.5. The summed E-state index contributed by atoms with van der Waals surface area (Å²) in [5.74, 6) is 1.50. The summed E-state index contributed by atoms with van der Waals surface area (Å²) >= 11 is 0. The molecule has 0 spiro atoms. The van der Waals surface area contributed by atoms with Crippen LogP contribution >= 0.6 is 0 Å². The van der Waals surface area contributed by atoms with Crippen molar-refractivity contribution in [2.45, 2.75) is 20.3 Å². The van der Waals surface area contributed by atoms with Gasteiger partial charge in [0.1, 0.15) is 12.1 Å². The summed E-state index contributed by atoms with van der Waals surface area (Å²) in [7, 11) is 0. The van der Waals surface area contributed by atoms with Gasteiger partial charge in [-0.2, -0.15) is 0 Å². The van der Waals surface area contributed by atoms with E-state index in [2.05, 4.69) is 56.3 Å². The van der Waals surface area contributed by atoms with Crippen molar-refractivity contribution in [3.8, 4) is 0 Å². The molecule has 1 aromatic heterocycles. The Morgan fingerprint density at radius 1 is 1.03 bits per heavy atom. The number of aromatic nitrogens is 2. The molecule has 0 bridgehead atoms. The lowest BCUT2D eigenvalue weighted by Crippen LogP contribution is -2.52. The van der Waals surface area contributed by atoms with E-state index < -0.39 is 0 Å². The molecule has 4 rings (SSSR count). The molecule has 0 saturated carbocycles. The van der Waals surface area contributed by atoms with Crippen LogP contribution in [0.5, 0.6) is 0 Å². The van der Waals surface area contributed by atoms with E-state index >= 15 is 0 Å². The topological polar surface area (TPSA) is 64.6 Å². The number of rotatable bonds is 4. The predicted octanol–water partition coefficient (Wildman–Crippen LogP) is 2.45. The number of amides is 2. The summed E-state index contributed by atoms with van der Waals surface area (Å²) in [6, 6.07) is 10.6. The number of carbonyl (C=O) groups excluding carboxylic acids is 1. The number of benzene rings is 1. The summed E-state index contributed by atoms with van der Waals surface area (Å²) in [6.07, 6.45) is 2.74. The molecular weight excluding hydrogens is 364 g/mol. The van der Waals surface area contributed by atoms with Gasteiger partial charge in [0, 0.05) is 62.8 Å². The maximum atomic E-state index is 12.6. The number of para-hydroxylation sites is 1. The van der Waals surface area contributed by atoms with Gasteiger partial charge < -0.3 is 20.0 Å². The SMILES string of the molecule is Cc1ncnc(N2CCN(C(=O)NCC3CCN(c4ccccc4)C3)CC2)c1C. The average Bonchev–Trinajstić information content (AvgIpc) is 3.24. The van der Waals surface area contributed by atoms with E-state index in [-0.39, 0.29) is 6.03 Å². The third-order valence-electron chi connectivity index (χ3n) is 6.13. The standard InChI is InChI=1S/C22H30N6O/c1-17-18(2)24-16-25-21(17)26-10-12-27(13-11-26)22(29)23-14-19-8-9-28(15-19)20-6-4-3-5-7-20/h3-7,16,19H,8-15H2,1-2H3,(H,23,29). The molecule has 1 N–H and O–H groups in total. The van der Waals surface area contributed by atoms with E-state index in [1.807, 2.05) is 17.9 Å². The van der Waals surface area contributed by atoms with Crippen molar-refractivity contribution in [2.24, 2.45) is 5.92 Å². The van der Waals surface area contributed by atoms with E-state index in [0.29, 0.717) is 5.92 Å². The van der Waals surface area contributed by atoms with Gasteiger partial charge >= 0.3 is 6.03 Å². The number of hydrogen-bond donors (Lipinski definition) is 1. The number of urea groups is 1. The van der Waals surface area contributed by atoms with Gasteiger partial charge in [-0.1, -0.05) is 18.2 Å². The van der Waals surface area contributed by atoms with Gasteiger partial charge in [-0.25, -0.2) is 14.8 Å². The molecule has 2 amide bonds. The quantitative estimate of drug-likeness (QED) is 0.863. The van der Waals surface area contributed by atoms with Crippen molar-refractivity contribution in [1.82, 2.24) is 20.2 Å². The normalized spacial score (nSPS) is 19.5. The van der Waals surface area contributed by atoms with E-state index in [1.165, 1.54) is 5.69 Å². The highest BCUT2D eigenvalue weighted by Gasteiger charge is 2.26. The Hall–Kier alpha value is -2.83. The van der Waals surface area contributed by atoms with Crippen molar-refractivity contribution < 1.29 is 4.79 Å². The van der Waals surface area contributed by atoms with Crippen LogP contribution in [0.3, 0.4) is 0 Å². The summed E-state index contributed by atoms with van der Waals surface area (Å²) in [5, 5.41) is 3.16. The van der Waals surface area contributed by atoms with Crippen molar-refractivity contribution in [2.75, 3.05) is 55.6 Å². The van der Waals surface area contributed by atoms with Crippen LogP contribution in [0, 0.1) is 19.8 Å². The molecule has 2 saturated heterocycles. The Balaban J connectivity index is 1.23. The van der Waals surface area contributed by atoms with E-state index in [4.69, 9.17) is 0 Å². The van der Waals surface area contributed by atoms with Crippen molar-refractivity contribution in [3.05, 3.63) is 47.9 Å². The molecule has 2 aliphatic rings. The first-order valence-corrected chi connectivity index (χ1v) is 10.5. The van der Waals surface area contributed by atoms with E-state index in [9.17, 15) is 4.79 Å². The minimum atomic E-state index is 0.0541. The minimum Gasteiger partial charge on any atom is -0.371 e. The summed E-state index contributed by atoms with van der Waals surface area (Å²) in [4.78, 5) is 27.9. The van der Waals surface area contributed by atoms with Crippen LogP contribution in [-0.2, 0) is 0 Å². The largest absolute Gasteiger partial charge is 0.371 e. The van der Waals surface area contributed by atoms with Crippen LogP contribution < -0.4 is 15.1 Å². The van der Waals surface area contributed by atoms with Crippen LogP contribution in [0.4, 0.5) is 16.3 Å². The molecule has 1 aromatic carbocycles. The highest BCUT2D eigenvalue weighted by Crippen LogP contribution is 2.23. The lowest BCUT2D eigenvalue weighted by atomic mass is 10.1. The number of piperazine rings is 1. The molecule has 29 heavy (non-hydrogen) atoms. The van der Waals surface area contributed by atoms with Crippen LogP contribution in [0.2, 0.25) is 0 Å². The minimum absolute atomic E-state index is 0.0541. The predicted molar refractivity (Wildman–Crippen MR) is 115 cm³/mol. The van der Waals surface area contributed by atoms with Gasteiger partial charge in [0.2, 0.25) is 0 Å². The molecule has 3 heterocycles. The van der Waals surface area contributed by atoms with E-state index in [0.717, 1.165) is 69.3 Å². The zero-order chi connectivity index (χ0) is 20.2. The molecule has 7 nitrogen and oxygen atoms in total. The summed E-state index contributed by atoms with van der Waals surface area (Å²) in [6.45, 7) is 9.91. The Labute approximate surface area is 172 Å². The molecule has 154 valence electrons. The van der Waals surface area contributed by atoms with E-state index in [1.54, 1.807) is 6.33 Å². The Bertz CT molecular complexity index is 834. The number of hydrogen-bond acceptors (Lipinski definition) is 5. The highest BCUT2D eigenvalue weighted by molar-refractivity contribution is 5.74. The second kappa shape index (κ2) is 8.68. The van der Waals surface area contributed by atoms with Gasteiger partial charge in [-0.05, 0) is 38.3 Å². The number of carbonyl (C=O) groups is 1. The first-order valence-electron chi connectivity index (χ1n) is 10.5. The highest BCUT2D eigenvalue weighted by atomic mass is 16.2. The number of nitrogens with zero attached hydrogens (tertiary/aromatic N) is 5. The molecule has 0 aliphatic carbocycles. The molecule has 2 aromatic rings. The Morgan fingerprint density at radius 3 is 2.55 bits per heavy atom. The number of nitrogens with one attached hydrogen (secondary N) is 1. The smallest absolute Gasteiger partial charge is 0.317 e. The van der Waals surface area contributed by atoms with Gasteiger partial charge in [0.15, 0.2) is 0 Å². The molecular formula is C22H30N6O. The third kappa shape index (κ3) is 4.44. The second-order valence-electron chi connectivity index (χ2n) is 8.00. The zero-order valence-electron chi connectivity index (χ0n) is 17.3. The molecule has 1 unspecified atom stereocenters. The lowest BCUT2D eigenvalue weighted by molar-refractivity contribution is 0.192. The number of anilines is 2. The van der Waals surface area contributed by atoms with Crippen LogP contribution in [0.25, 0.3) is 0 Å². The number of aryl methyl sites for hydroxylation is 1. The second-order valence-corrected chi connectivity index (χ2v) is 8.00. The Kier molecular flexibility index (Phi) is 5.83. The average molecular weight is 395 g/mol. The maximum Gasteiger partial charge on any atom is 0.317 e. The van der Waals surface area contributed by atoms with Crippen molar-refractivity contribution >= 4 is 17.5 Å². The van der Waals surface area contributed by atoms with Gasteiger partial charge in [-0.15, -0.1) is 0 Å². The van der Waals surface area contributed by atoms with Crippen LogP contribution in [-0.4, -0.2) is 66.7 Å². The molecule has 0 radical (unpaired) electrons. The van der Waals surface area contributed by atoms with Gasteiger partial charge in [0.05, 0.1) is 0 Å². The molecule has 7 heteroatoms.